The minimum atomic E-state index is -0.414. The Morgan fingerprint density at radius 1 is 0.625 bits per heavy atom. The predicted octanol–water partition coefficient (Wildman–Crippen LogP) is -1.65. The van der Waals surface area contributed by atoms with E-state index in [0.29, 0.717) is 45.8 Å². The fourth-order valence-corrected chi connectivity index (χ4v) is 4.15. The lowest BCUT2D eigenvalue weighted by Crippen LogP contribution is -2.37. The van der Waals surface area contributed by atoms with E-state index >= 15 is 0 Å². The summed E-state index contributed by atoms with van der Waals surface area (Å²) in [6.07, 6.45) is 2.97. The molecule has 0 spiro atoms. The predicted molar refractivity (Wildman–Crippen MR) is 137 cm³/mol. The zero-order valence-corrected chi connectivity index (χ0v) is 22.4. The molecule has 6 heterocycles. The van der Waals surface area contributed by atoms with Gasteiger partial charge in [-0.25, -0.2) is 19.6 Å². The largest absolute Gasteiger partial charge is 0.340 e. The number of hydrogen-bond acceptors (Lipinski definition) is 12. The van der Waals surface area contributed by atoms with Crippen molar-refractivity contribution in [3.8, 4) is 0 Å². The fourth-order valence-electron chi connectivity index (χ4n) is 4.15. The van der Waals surface area contributed by atoms with E-state index in [0.717, 1.165) is 9.13 Å². The Kier molecular flexibility index (Phi) is 6.36. The van der Waals surface area contributed by atoms with E-state index < -0.39 is 22.5 Å². The first-order chi connectivity index (χ1) is 19.0. The van der Waals surface area contributed by atoms with Gasteiger partial charge < -0.3 is 18.2 Å². The first-order valence-corrected chi connectivity index (χ1v) is 11.8. The van der Waals surface area contributed by atoms with Gasteiger partial charge in [0.15, 0.2) is 34.0 Å². The van der Waals surface area contributed by atoms with Gasteiger partial charge in [0.2, 0.25) is 11.8 Å². The molecule has 0 radical (unpaired) electrons. The highest BCUT2D eigenvalue weighted by molar-refractivity contribution is 5.70. The third kappa shape index (κ3) is 4.33. The van der Waals surface area contributed by atoms with Gasteiger partial charge in [-0.15, -0.1) is 0 Å². The molecule has 18 nitrogen and oxygen atoms in total. The van der Waals surface area contributed by atoms with Crippen LogP contribution in [0.1, 0.15) is 23.4 Å². The standard InChI is InChI=1S/2C11H12N6O3/c2*1-6-13-7(14-20-6)4-17-5-12-9-8(17)10(18)16(3)11(19)15(9)2/h2*5H,4H2,1-3H3. The number of imidazole rings is 2. The maximum Gasteiger partial charge on any atom is 0.332 e. The van der Waals surface area contributed by atoms with Crippen molar-refractivity contribution in [2.24, 2.45) is 28.2 Å². The van der Waals surface area contributed by atoms with E-state index in [1.165, 1.54) is 35.9 Å². The molecule has 0 atom stereocenters. The van der Waals surface area contributed by atoms with Crippen molar-refractivity contribution in [3.63, 3.8) is 0 Å². The third-order valence-corrected chi connectivity index (χ3v) is 6.20. The number of fused-ring (bicyclic) bond motifs is 2. The smallest absolute Gasteiger partial charge is 0.332 e. The van der Waals surface area contributed by atoms with Crippen LogP contribution >= 0.6 is 0 Å². The number of hydrogen-bond donors (Lipinski definition) is 0. The average molecular weight is 553 g/mol. The molecular weight excluding hydrogens is 528 g/mol. The Morgan fingerprint density at radius 2 is 1.00 bits per heavy atom. The second-order valence-electron chi connectivity index (χ2n) is 8.96. The Labute approximate surface area is 222 Å². The normalized spacial score (nSPS) is 11.3. The topological polar surface area (TPSA) is 201 Å². The van der Waals surface area contributed by atoms with E-state index in [9.17, 15) is 19.2 Å². The van der Waals surface area contributed by atoms with E-state index in [2.05, 4.69) is 30.2 Å². The van der Waals surface area contributed by atoms with Gasteiger partial charge in [-0.1, -0.05) is 10.3 Å². The van der Waals surface area contributed by atoms with Crippen LogP contribution in [0.2, 0.25) is 0 Å². The van der Waals surface area contributed by atoms with Gasteiger partial charge in [0.05, 0.1) is 25.7 Å². The first kappa shape index (κ1) is 26.2. The second kappa shape index (κ2) is 9.71. The molecular formula is C22H24N12O6. The Hall–Kier alpha value is -5.42. The maximum atomic E-state index is 12.2. The molecule has 0 aliphatic rings. The lowest BCUT2D eigenvalue weighted by Gasteiger charge is -2.04. The maximum absolute atomic E-state index is 12.2. The van der Waals surface area contributed by atoms with Crippen molar-refractivity contribution >= 4 is 22.3 Å². The summed E-state index contributed by atoms with van der Waals surface area (Å²) in [6, 6.07) is 0. The summed E-state index contributed by atoms with van der Waals surface area (Å²) in [5, 5.41) is 7.55. The van der Waals surface area contributed by atoms with Crippen molar-refractivity contribution in [1.29, 1.82) is 0 Å². The second-order valence-corrected chi connectivity index (χ2v) is 8.96. The summed E-state index contributed by atoms with van der Waals surface area (Å²) < 4.78 is 17.7. The molecule has 0 aromatic carbocycles. The summed E-state index contributed by atoms with van der Waals surface area (Å²) >= 11 is 0. The molecule has 0 saturated heterocycles. The van der Waals surface area contributed by atoms with Crippen molar-refractivity contribution in [1.82, 2.24) is 57.7 Å². The van der Waals surface area contributed by atoms with Crippen LogP contribution in [0.3, 0.4) is 0 Å². The summed E-state index contributed by atoms with van der Waals surface area (Å²) in [7, 11) is 6.00. The summed E-state index contributed by atoms with van der Waals surface area (Å²) in [5.74, 6) is 1.78. The zero-order valence-electron chi connectivity index (χ0n) is 22.4. The SMILES string of the molecule is Cc1nc(Cn2cnc3c2c(=O)n(C)c(=O)n3C)no1.Cc1nc(Cn2cnc3c2c(=O)n(C)c(=O)n3C)no1. The highest BCUT2D eigenvalue weighted by Crippen LogP contribution is 2.09. The van der Waals surface area contributed by atoms with Gasteiger partial charge in [0.1, 0.15) is 0 Å². The van der Waals surface area contributed by atoms with Gasteiger partial charge in [0.25, 0.3) is 11.1 Å². The lowest BCUT2D eigenvalue weighted by molar-refractivity contribution is 0.386. The average Bonchev–Trinajstić information content (AvgIpc) is 3.72. The molecule has 208 valence electrons. The van der Waals surface area contributed by atoms with Crippen molar-refractivity contribution in [2.75, 3.05) is 0 Å². The van der Waals surface area contributed by atoms with Gasteiger partial charge in [-0.2, -0.15) is 9.97 Å². The highest BCUT2D eigenvalue weighted by atomic mass is 16.5. The molecule has 18 heteroatoms. The van der Waals surface area contributed by atoms with Crippen molar-refractivity contribution < 1.29 is 9.05 Å². The third-order valence-electron chi connectivity index (χ3n) is 6.20. The zero-order chi connectivity index (χ0) is 28.9. The van der Waals surface area contributed by atoms with Crippen LogP contribution in [0.25, 0.3) is 22.3 Å². The van der Waals surface area contributed by atoms with Crippen LogP contribution in [0.15, 0.2) is 40.9 Å². The lowest BCUT2D eigenvalue weighted by atomic mass is 10.4. The number of aromatic nitrogens is 12. The van der Waals surface area contributed by atoms with Crippen LogP contribution in [0, 0.1) is 13.8 Å². The molecule has 0 N–H and O–H groups in total. The van der Waals surface area contributed by atoms with E-state index in [1.54, 1.807) is 37.1 Å². The first-order valence-electron chi connectivity index (χ1n) is 11.8. The van der Waals surface area contributed by atoms with E-state index in [4.69, 9.17) is 9.05 Å². The molecule has 0 unspecified atom stereocenters. The molecule has 6 rings (SSSR count). The molecule has 40 heavy (non-hydrogen) atoms. The Bertz CT molecular complexity index is 1980. The quantitative estimate of drug-likeness (QED) is 0.241. The van der Waals surface area contributed by atoms with Gasteiger partial charge in [-0.3, -0.25) is 27.9 Å². The van der Waals surface area contributed by atoms with Gasteiger partial charge >= 0.3 is 11.4 Å². The van der Waals surface area contributed by atoms with Crippen LogP contribution in [-0.2, 0) is 41.3 Å². The minimum absolute atomic E-state index is 0.251. The van der Waals surface area contributed by atoms with Gasteiger partial charge in [-0.05, 0) is 0 Å². The van der Waals surface area contributed by atoms with E-state index in [1.807, 2.05) is 0 Å². The summed E-state index contributed by atoms with van der Waals surface area (Å²) in [6.45, 7) is 3.87. The molecule has 0 amide bonds. The van der Waals surface area contributed by atoms with Gasteiger partial charge in [0, 0.05) is 42.0 Å². The van der Waals surface area contributed by atoms with Crippen LogP contribution in [0.4, 0.5) is 0 Å². The molecule has 6 aromatic rings. The molecule has 0 fully saturated rings. The number of aryl methyl sites for hydroxylation is 4. The number of nitrogens with zero attached hydrogens (tertiary/aromatic N) is 12. The van der Waals surface area contributed by atoms with Crippen molar-refractivity contribution in [2.45, 2.75) is 26.9 Å². The highest BCUT2D eigenvalue weighted by Gasteiger charge is 2.17. The fraction of sp³-hybridized carbons (Fsp3) is 0.364. The molecule has 0 aliphatic carbocycles. The van der Waals surface area contributed by atoms with Crippen LogP contribution < -0.4 is 22.5 Å². The summed E-state index contributed by atoms with van der Waals surface area (Å²) in [4.78, 5) is 64.4. The van der Waals surface area contributed by atoms with Crippen LogP contribution in [0.5, 0.6) is 0 Å². The van der Waals surface area contributed by atoms with Crippen molar-refractivity contribution in [3.05, 3.63) is 77.8 Å². The monoisotopic (exact) mass is 552 g/mol. The number of rotatable bonds is 4. The Balaban J connectivity index is 0.000000161. The molecule has 6 aromatic heterocycles. The Morgan fingerprint density at radius 3 is 1.32 bits per heavy atom. The minimum Gasteiger partial charge on any atom is -0.340 e. The summed E-state index contributed by atoms with van der Waals surface area (Å²) in [5.41, 5.74) is -0.307. The molecule has 0 saturated carbocycles. The molecule has 0 aliphatic heterocycles. The van der Waals surface area contributed by atoms with Crippen LogP contribution in [-0.4, -0.2) is 57.7 Å². The molecule has 0 bridgehead atoms. The van der Waals surface area contributed by atoms with E-state index in [-0.39, 0.29) is 13.1 Å².